The Bertz CT molecular complexity index is 918. The Morgan fingerprint density at radius 3 is 2.52 bits per heavy atom. The third-order valence-corrected chi connectivity index (χ3v) is 6.17. The van der Waals surface area contributed by atoms with Gasteiger partial charge in [0.05, 0.1) is 0 Å². The van der Waals surface area contributed by atoms with Crippen molar-refractivity contribution >= 4 is 0 Å². The van der Waals surface area contributed by atoms with Crippen LogP contribution in [0.5, 0.6) is 5.75 Å². The molecule has 33 heavy (non-hydrogen) atoms. The van der Waals surface area contributed by atoms with Crippen LogP contribution in [0.4, 0.5) is 0 Å². The molecule has 0 aliphatic heterocycles. The third-order valence-electron chi connectivity index (χ3n) is 6.17. The van der Waals surface area contributed by atoms with E-state index in [9.17, 15) is 5.11 Å². The van der Waals surface area contributed by atoms with E-state index >= 15 is 0 Å². The first-order valence-corrected chi connectivity index (χ1v) is 12.1. The lowest BCUT2D eigenvalue weighted by atomic mass is 9.84. The Hall–Kier alpha value is -2.80. The minimum Gasteiger partial charge on any atom is -0.491 e. The monoisotopic (exact) mass is 443 g/mol. The van der Waals surface area contributed by atoms with Crippen molar-refractivity contribution in [2.75, 3.05) is 19.7 Å². The van der Waals surface area contributed by atoms with Crippen LogP contribution in [0.1, 0.15) is 56.1 Å². The number of hydrogen-bond acceptors (Lipinski definition) is 3. The first-order chi connectivity index (χ1) is 16.2. The molecule has 1 fully saturated rings. The number of nitrogens with zero attached hydrogens (tertiary/aromatic N) is 1. The molecule has 1 aliphatic rings. The summed E-state index contributed by atoms with van der Waals surface area (Å²) in [6, 6.07) is 18.7. The van der Waals surface area contributed by atoms with E-state index < -0.39 is 6.10 Å². The van der Waals surface area contributed by atoms with Gasteiger partial charge < -0.3 is 9.84 Å². The molecule has 1 unspecified atom stereocenters. The van der Waals surface area contributed by atoms with Crippen LogP contribution >= 0.6 is 0 Å². The quantitative estimate of drug-likeness (QED) is 0.336. The van der Waals surface area contributed by atoms with Crippen LogP contribution in [0.2, 0.25) is 0 Å². The van der Waals surface area contributed by atoms with Crippen LogP contribution < -0.4 is 4.74 Å². The first-order valence-electron chi connectivity index (χ1n) is 12.1. The molecule has 0 radical (unpaired) electrons. The molecule has 3 heteroatoms. The molecule has 0 heterocycles. The fraction of sp³-hybridized carbons (Fsp3) is 0.400. The molecule has 0 saturated heterocycles. The van der Waals surface area contributed by atoms with Gasteiger partial charge in [-0.15, -0.1) is 6.42 Å². The maximum atomic E-state index is 10.7. The number of aliphatic hydroxyl groups is 1. The molecule has 3 nitrogen and oxygen atoms in total. The first kappa shape index (κ1) is 24.8. The fourth-order valence-corrected chi connectivity index (χ4v) is 4.57. The molecule has 1 aliphatic carbocycles. The standard InChI is InChI=1S/C30H37NO2/c1-3-11-25(12-4-2)21-31(22-26-13-7-5-8-14-26)23-29(32)24-33-30-19-17-28(18-20-30)27-15-9-6-10-16-27/h1,4-5,7-8,11-14,17-20,27,29,32H,6,9-10,15-16,21-24H2,2H3/b12-4-,25-11+. The van der Waals surface area contributed by atoms with Gasteiger partial charge in [0, 0.05) is 19.6 Å². The highest BCUT2D eigenvalue weighted by Gasteiger charge is 2.16. The van der Waals surface area contributed by atoms with Crippen molar-refractivity contribution in [3.05, 3.63) is 89.5 Å². The minimum atomic E-state index is -0.607. The maximum absolute atomic E-state index is 10.7. The van der Waals surface area contributed by atoms with Gasteiger partial charge >= 0.3 is 0 Å². The van der Waals surface area contributed by atoms with Crippen LogP contribution in [-0.2, 0) is 6.54 Å². The smallest absolute Gasteiger partial charge is 0.119 e. The summed E-state index contributed by atoms with van der Waals surface area (Å²) in [7, 11) is 0. The lowest BCUT2D eigenvalue weighted by Crippen LogP contribution is -2.36. The van der Waals surface area contributed by atoms with Crippen molar-refractivity contribution in [1.29, 1.82) is 0 Å². The molecule has 1 saturated carbocycles. The number of terminal acetylenes is 1. The van der Waals surface area contributed by atoms with E-state index in [1.165, 1.54) is 43.2 Å². The van der Waals surface area contributed by atoms with Crippen LogP contribution in [0.25, 0.3) is 0 Å². The number of rotatable bonds is 11. The molecular weight excluding hydrogens is 406 g/mol. The van der Waals surface area contributed by atoms with Crippen molar-refractivity contribution in [3.63, 3.8) is 0 Å². The lowest BCUT2D eigenvalue weighted by Gasteiger charge is -2.26. The normalized spacial score (nSPS) is 16.1. The second kappa shape index (κ2) is 13.7. The molecule has 0 bridgehead atoms. The zero-order valence-corrected chi connectivity index (χ0v) is 19.8. The van der Waals surface area contributed by atoms with Gasteiger partial charge in [0.2, 0.25) is 0 Å². The minimum absolute atomic E-state index is 0.256. The molecule has 2 aromatic carbocycles. The van der Waals surface area contributed by atoms with Crippen LogP contribution in [0.3, 0.4) is 0 Å². The van der Waals surface area contributed by atoms with E-state index in [1.807, 2.05) is 49.4 Å². The Kier molecular flexibility index (Phi) is 10.3. The molecule has 3 rings (SSSR count). The van der Waals surface area contributed by atoms with Gasteiger partial charge in [-0.25, -0.2) is 0 Å². The number of ether oxygens (including phenoxy) is 1. The van der Waals surface area contributed by atoms with Gasteiger partial charge in [0.15, 0.2) is 0 Å². The van der Waals surface area contributed by atoms with Crippen LogP contribution in [-0.4, -0.2) is 35.8 Å². The highest BCUT2D eigenvalue weighted by molar-refractivity contribution is 5.30. The predicted molar refractivity (Wildman–Crippen MR) is 137 cm³/mol. The number of benzene rings is 2. The van der Waals surface area contributed by atoms with Crippen LogP contribution in [0.15, 0.2) is 78.4 Å². The van der Waals surface area contributed by atoms with Crippen molar-refractivity contribution in [3.8, 4) is 18.1 Å². The van der Waals surface area contributed by atoms with Gasteiger partial charge in [-0.2, -0.15) is 0 Å². The molecule has 174 valence electrons. The SMILES string of the molecule is C#C/C=C(\C=C/C)CN(Cc1ccccc1)CC(O)COc1ccc(C2CCCCC2)cc1. The summed E-state index contributed by atoms with van der Waals surface area (Å²) in [5.41, 5.74) is 3.65. The average molecular weight is 444 g/mol. The van der Waals surface area contributed by atoms with Crippen molar-refractivity contribution in [1.82, 2.24) is 4.90 Å². The second-order valence-electron chi connectivity index (χ2n) is 8.91. The Morgan fingerprint density at radius 1 is 1.12 bits per heavy atom. The largest absolute Gasteiger partial charge is 0.491 e. The molecular formula is C30H37NO2. The van der Waals surface area contributed by atoms with Crippen molar-refractivity contribution < 1.29 is 9.84 Å². The summed E-state index contributed by atoms with van der Waals surface area (Å²) in [5.74, 6) is 4.12. The zero-order chi connectivity index (χ0) is 23.3. The Morgan fingerprint density at radius 2 is 1.85 bits per heavy atom. The van der Waals surface area contributed by atoms with E-state index in [0.29, 0.717) is 19.0 Å². The highest BCUT2D eigenvalue weighted by atomic mass is 16.5. The summed E-state index contributed by atoms with van der Waals surface area (Å²) in [6.07, 6.45) is 17.3. The molecule has 0 spiro atoms. The van der Waals surface area contributed by atoms with Crippen molar-refractivity contribution in [2.45, 2.75) is 57.6 Å². The summed E-state index contributed by atoms with van der Waals surface area (Å²) in [4.78, 5) is 2.21. The van der Waals surface area contributed by atoms with Gasteiger partial charge in [-0.05, 0) is 60.6 Å². The molecule has 1 N–H and O–H groups in total. The second-order valence-corrected chi connectivity index (χ2v) is 8.91. The van der Waals surface area contributed by atoms with Gasteiger partial charge in [0.1, 0.15) is 18.5 Å². The molecule has 0 amide bonds. The van der Waals surface area contributed by atoms with E-state index in [1.54, 1.807) is 6.08 Å². The molecule has 0 aromatic heterocycles. The van der Waals surface area contributed by atoms with Crippen LogP contribution in [0, 0.1) is 12.3 Å². The topological polar surface area (TPSA) is 32.7 Å². The fourth-order valence-electron chi connectivity index (χ4n) is 4.57. The van der Waals surface area contributed by atoms with Gasteiger partial charge in [-0.1, -0.05) is 79.8 Å². The summed E-state index contributed by atoms with van der Waals surface area (Å²) < 4.78 is 5.92. The van der Waals surface area contributed by atoms with E-state index in [-0.39, 0.29) is 6.61 Å². The third kappa shape index (κ3) is 8.57. The lowest BCUT2D eigenvalue weighted by molar-refractivity contribution is 0.0690. The number of allylic oxidation sites excluding steroid dienone is 2. The van der Waals surface area contributed by atoms with E-state index in [2.05, 4.69) is 35.1 Å². The molecule has 1 atom stereocenters. The summed E-state index contributed by atoms with van der Waals surface area (Å²) in [5, 5.41) is 10.7. The Labute approximate surface area is 199 Å². The zero-order valence-electron chi connectivity index (χ0n) is 19.8. The van der Waals surface area contributed by atoms with E-state index in [0.717, 1.165) is 17.9 Å². The highest BCUT2D eigenvalue weighted by Crippen LogP contribution is 2.33. The maximum Gasteiger partial charge on any atom is 0.119 e. The number of aliphatic hydroxyl groups excluding tert-OH is 1. The average Bonchev–Trinajstić information content (AvgIpc) is 2.84. The van der Waals surface area contributed by atoms with Gasteiger partial charge in [-0.3, -0.25) is 4.90 Å². The van der Waals surface area contributed by atoms with Crippen molar-refractivity contribution in [2.24, 2.45) is 0 Å². The summed E-state index contributed by atoms with van der Waals surface area (Å²) >= 11 is 0. The number of hydrogen-bond donors (Lipinski definition) is 1. The Balaban J connectivity index is 1.57. The van der Waals surface area contributed by atoms with E-state index in [4.69, 9.17) is 11.2 Å². The molecule has 2 aromatic rings. The van der Waals surface area contributed by atoms with Gasteiger partial charge in [0.25, 0.3) is 0 Å². The predicted octanol–water partition coefficient (Wildman–Crippen LogP) is 6.11. The summed E-state index contributed by atoms with van der Waals surface area (Å²) in [6.45, 7) is 4.12.